The fraction of sp³-hybridized carbons (Fsp3) is 0.650. The first-order valence-electron chi connectivity index (χ1n) is 10.4. The minimum atomic E-state index is -1.14. The third-order valence-corrected chi connectivity index (χ3v) is 4.93. The van der Waals surface area contributed by atoms with Crippen LogP contribution in [-0.2, 0) is 25.6 Å². The largest absolute Gasteiger partial charge is 0.480 e. The van der Waals surface area contributed by atoms with Crippen LogP contribution in [0.25, 0.3) is 0 Å². The number of aliphatic carboxylic acids is 1. The lowest BCUT2D eigenvalue weighted by molar-refractivity contribution is -0.143. The number of nitrogens with zero attached hydrogens (tertiary/aromatic N) is 1. The monoisotopic (exact) mass is 438 g/mol. The van der Waals surface area contributed by atoms with E-state index in [2.05, 4.69) is 25.9 Å². The summed E-state index contributed by atoms with van der Waals surface area (Å²) in [4.78, 5) is 55.9. The number of hydrogen-bond acceptors (Lipinski definition) is 6. The fourth-order valence-corrected chi connectivity index (χ4v) is 2.99. The highest BCUT2D eigenvalue weighted by molar-refractivity contribution is 5.93. The molecule has 0 spiro atoms. The normalized spacial score (nSPS) is 14.9. The molecule has 11 heteroatoms. The molecule has 4 unspecified atom stereocenters. The van der Waals surface area contributed by atoms with Crippen LogP contribution >= 0.6 is 0 Å². The van der Waals surface area contributed by atoms with Crippen LogP contribution in [0.1, 0.15) is 46.2 Å². The number of nitrogens with two attached hydrogens (primary N) is 1. The van der Waals surface area contributed by atoms with E-state index in [1.54, 1.807) is 6.92 Å². The topological polar surface area (TPSA) is 179 Å². The molecule has 0 aliphatic carbocycles. The van der Waals surface area contributed by atoms with Crippen molar-refractivity contribution in [2.75, 3.05) is 6.54 Å². The number of H-pyrrole nitrogens is 1. The number of carboxylic acids is 1. The Kier molecular flexibility index (Phi) is 10.7. The first-order chi connectivity index (χ1) is 14.6. The van der Waals surface area contributed by atoms with Crippen molar-refractivity contribution in [1.29, 1.82) is 0 Å². The number of carbonyl (C=O) groups excluding carboxylic acids is 3. The van der Waals surface area contributed by atoms with Crippen molar-refractivity contribution >= 4 is 23.7 Å². The number of aromatic nitrogens is 2. The molecular weight excluding hydrogens is 404 g/mol. The Morgan fingerprint density at radius 3 is 2.26 bits per heavy atom. The van der Waals surface area contributed by atoms with E-state index in [1.165, 1.54) is 12.5 Å². The molecule has 0 bridgehead atoms. The van der Waals surface area contributed by atoms with Crippen LogP contribution < -0.4 is 21.7 Å². The zero-order chi connectivity index (χ0) is 23.6. The zero-order valence-corrected chi connectivity index (χ0v) is 18.5. The van der Waals surface area contributed by atoms with E-state index in [1.807, 2.05) is 20.8 Å². The Bertz CT molecular complexity index is 736. The Balaban J connectivity index is 3.00. The van der Waals surface area contributed by atoms with Gasteiger partial charge < -0.3 is 31.8 Å². The second-order valence-electron chi connectivity index (χ2n) is 8.01. The summed E-state index contributed by atoms with van der Waals surface area (Å²) in [5, 5.41) is 17.2. The standard InChI is InChI=1S/C20H34N6O5/c1-5-12(4)17(19(29)25-15(20(30)31)6-11(2)3)26-18(28)14(24-16(27)8-21)7-13-9-22-10-23-13/h9-12,14-15,17H,5-8,21H2,1-4H3,(H,22,23)(H,24,27)(H,25,29)(H,26,28)(H,30,31). The maximum Gasteiger partial charge on any atom is 0.326 e. The summed E-state index contributed by atoms with van der Waals surface area (Å²) in [5.74, 6) is -3.02. The summed E-state index contributed by atoms with van der Waals surface area (Å²) in [7, 11) is 0. The molecule has 3 amide bonds. The summed E-state index contributed by atoms with van der Waals surface area (Å²) in [6.45, 7) is 7.06. The Morgan fingerprint density at radius 2 is 1.77 bits per heavy atom. The number of carbonyl (C=O) groups is 4. The Labute approximate surface area is 181 Å². The molecule has 11 nitrogen and oxygen atoms in total. The number of amides is 3. The number of aromatic amines is 1. The van der Waals surface area contributed by atoms with Crippen LogP contribution in [0.15, 0.2) is 12.5 Å². The summed E-state index contributed by atoms with van der Waals surface area (Å²) in [6, 6.07) is -3.01. The van der Waals surface area contributed by atoms with Crippen molar-refractivity contribution in [2.24, 2.45) is 17.6 Å². The van der Waals surface area contributed by atoms with E-state index < -0.39 is 41.8 Å². The highest BCUT2D eigenvalue weighted by Gasteiger charge is 2.32. The van der Waals surface area contributed by atoms with Crippen LogP contribution in [0.4, 0.5) is 0 Å². The van der Waals surface area contributed by atoms with E-state index in [0.29, 0.717) is 12.1 Å². The molecule has 1 heterocycles. The van der Waals surface area contributed by atoms with Gasteiger partial charge in [0.15, 0.2) is 0 Å². The van der Waals surface area contributed by atoms with Gasteiger partial charge in [0.25, 0.3) is 0 Å². The average molecular weight is 439 g/mol. The molecule has 7 N–H and O–H groups in total. The lowest BCUT2D eigenvalue weighted by Gasteiger charge is -2.28. The van der Waals surface area contributed by atoms with Gasteiger partial charge in [-0.2, -0.15) is 0 Å². The van der Waals surface area contributed by atoms with E-state index >= 15 is 0 Å². The second-order valence-corrected chi connectivity index (χ2v) is 8.01. The van der Waals surface area contributed by atoms with Gasteiger partial charge in [0.05, 0.1) is 12.9 Å². The Hall–Kier alpha value is -2.95. The average Bonchev–Trinajstić information content (AvgIpc) is 3.22. The number of rotatable bonds is 13. The maximum absolute atomic E-state index is 13.0. The highest BCUT2D eigenvalue weighted by Crippen LogP contribution is 2.11. The number of hydrogen-bond donors (Lipinski definition) is 6. The van der Waals surface area contributed by atoms with Gasteiger partial charge in [-0.05, 0) is 18.3 Å². The van der Waals surface area contributed by atoms with Crippen molar-refractivity contribution in [3.63, 3.8) is 0 Å². The molecule has 1 rings (SSSR count). The molecule has 0 aliphatic heterocycles. The van der Waals surface area contributed by atoms with Gasteiger partial charge in [0, 0.05) is 18.3 Å². The van der Waals surface area contributed by atoms with Crippen LogP contribution in [0.5, 0.6) is 0 Å². The number of imidazole rings is 1. The predicted octanol–water partition coefficient (Wildman–Crippen LogP) is -0.458. The maximum atomic E-state index is 13.0. The molecule has 1 aromatic heterocycles. The van der Waals surface area contributed by atoms with Crippen LogP contribution in [0.2, 0.25) is 0 Å². The first-order valence-corrected chi connectivity index (χ1v) is 10.4. The molecule has 0 aromatic carbocycles. The predicted molar refractivity (Wildman–Crippen MR) is 114 cm³/mol. The molecule has 0 radical (unpaired) electrons. The summed E-state index contributed by atoms with van der Waals surface area (Å²) in [6.07, 6.45) is 3.93. The van der Waals surface area contributed by atoms with Gasteiger partial charge in [-0.1, -0.05) is 34.1 Å². The van der Waals surface area contributed by atoms with E-state index in [0.717, 1.165) is 0 Å². The van der Waals surface area contributed by atoms with Gasteiger partial charge in [0.1, 0.15) is 18.1 Å². The zero-order valence-electron chi connectivity index (χ0n) is 18.5. The number of carboxylic acid groups (broad SMARTS) is 1. The summed E-state index contributed by atoms with van der Waals surface area (Å²) < 4.78 is 0. The number of nitrogens with one attached hydrogen (secondary N) is 4. The minimum absolute atomic E-state index is 0.0586. The van der Waals surface area contributed by atoms with Crippen molar-refractivity contribution < 1.29 is 24.3 Å². The molecule has 174 valence electrons. The van der Waals surface area contributed by atoms with Gasteiger partial charge in [-0.25, -0.2) is 9.78 Å². The molecular formula is C20H34N6O5. The van der Waals surface area contributed by atoms with Gasteiger partial charge in [-0.15, -0.1) is 0 Å². The van der Waals surface area contributed by atoms with E-state index in [-0.39, 0.29) is 31.2 Å². The minimum Gasteiger partial charge on any atom is -0.480 e. The summed E-state index contributed by atoms with van der Waals surface area (Å²) >= 11 is 0. The molecule has 0 saturated carbocycles. The third-order valence-electron chi connectivity index (χ3n) is 4.93. The molecule has 0 aliphatic rings. The fourth-order valence-electron chi connectivity index (χ4n) is 2.99. The van der Waals surface area contributed by atoms with Gasteiger partial charge >= 0.3 is 5.97 Å². The molecule has 0 saturated heterocycles. The molecule has 0 fully saturated rings. The quantitative estimate of drug-likeness (QED) is 0.241. The van der Waals surface area contributed by atoms with Crippen molar-refractivity contribution in [2.45, 2.75) is 65.1 Å². The van der Waals surface area contributed by atoms with Crippen LogP contribution in [0, 0.1) is 11.8 Å². The molecule has 1 aromatic rings. The smallest absolute Gasteiger partial charge is 0.326 e. The molecule has 4 atom stereocenters. The van der Waals surface area contributed by atoms with Crippen LogP contribution in [-0.4, -0.2) is 63.4 Å². The SMILES string of the molecule is CCC(C)C(NC(=O)C(Cc1cnc[nH]1)NC(=O)CN)C(=O)NC(CC(C)C)C(=O)O. The molecule has 31 heavy (non-hydrogen) atoms. The lowest BCUT2D eigenvalue weighted by atomic mass is 9.96. The van der Waals surface area contributed by atoms with Crippen molar-refractivity contribution in [3.05, 3.63) is 18.2 Å². The van der Waals surface area contributed by atoms with E-state index in [4.69, 9.17) is 5.73 Å². The first kappa shape index (κ1) is 26.1. The van der Waals surface area contributed by atoms with Gasteiger partial charge in [-0.3, -0.25) is 14.4 Å². The summed E-state index contributed by atoms with van der Waals surface area (Å²) in [5.41, 5.74) is 5.97. The van der Waals surface area contributed by atoms with Crippen LogP contribution in [0.3, 0.4) is 0 Å². The lowest BCUT2D eigenvalue weighted by Crippen LogP contribution is -2.58. The van der Waals surface area contributed by atoms with Gasteiger partial charge in [0.2, 0.25) is 17.7 Å². The van der Waals surface area contributed by atoms with Crippen molar-refractivity contribution in [3.8, 4) is 0 Å². The van der Waals surface area contributed by atoms with Crippen molar-refractivity contribution in [1.82, 2.24) is 25.9 Å². The third kappa shape index (κ3) is 8.75. The Morgan fingerprint density at radius 1 is 1.10 bits per heavy atom. The highest BCUT2D eigenvalue weighted by atomic mass is 16.4. The van der Waals surface area contributed by atoms with E-state index in [9.17, 15) is 24.3 Å². The second kappa shape index (κ2) is 12.7.